The molecule has 0 radical (unpaired) electrons. The monoisotopic (exact) mass is 531 g/mol. The number of rotatable bonds is 9. The summed E-state index contributed by atoms with van der Waals surface area (Å²) in [5, 5.41) is 14.4. The zero-order chi connectivity index (χ0) is 26.5. The second kappa shape index (κ2) is 12.2. The van der Waals surface area contributed by atoms with Gasteiger partial charge in [-0.15, -0.1) is 0 Å². The largest absolute Gasteiger partial charge is 0.370 e. The van der Waals surface area contributed by atoms with E-state index in [0.29, 0.717) is 11.5 Å². The molecule has 38 heavy (non-hydrogen) atoms. The topological polar surface area (TPSA) is 89.6 Å². The maximum Gasteiger partial charge on any atom is 0.206 e. The van der Waals surface area contributed by atoms with Crippen LogP contribution in [0.3, 0.4) is 0 Å². The molecule has 2 saturated heterocycles. The lowest BCUT2D eigenvalue weighted by atomic mass is 9.98. The van der Waals surface area contributed by atoms with Gasteiger partial charge in [-0.2, -0.15) is 10.4 Å². The fraction of sp³-hybridized carbons (Fsp3) is 0.517. The number of nitrogens with one attached hydrogen (secondary N) is 1. The summed E-state index contributed by atoms with van der Waals surface area (Å²) < 4.78 is 5.08. The maximum absolute atomic E-state index is 12.6. The summed E-state index contributed by atoms with van der Waals surface area (Å²) in [6, 6.07) is 8.61. The van der Waals surface area contributed by atoms with E-state index in [1.165, 1.54) is 31.2 Å². The summed E-state index contributed by atoms with van der Waals surface area (Å²) in [5.74, 6) is 1.73. The number of nitriles is 1. The third kappa shape index (κ3) is 5.97. The Labute approximate surface area is 229 Å². The third-order valence-corrected chi connectivity index (χ3v) is 8.52. The molecule has 0 aromatic carbocycles. The molecule has 200 valence electrons. The highest BCUT2D eigenvalue weighted by molar-refractivity contribution is 8.12. The second-order valence-corrected chi connectivity index (χ2v) is 11.7. The van der Waals surface area contributed by atoms with Crippen LogP contribution in [0.25, 0.3) is 16.6 Å². The summed E-state index contributed by atoms with van der Waals surface area (Å²) in [6.07, 6.45) is 11.9. The Morgan fingerprint density at radius 2 is 1.95 bits per heavy atom. The van der Waals surface area contributed by atoms with Crippen molar-refractivity contribution in [2.45, 2.75) is 52.4 Å². The Kier molecular flexibility index (Phi) is 8.50. The number of aromatic nitrogens is 3. The van der Waals surface area contributed by atoms with Crippen molar-refractivity contribution in [2.75, 3.05) is 42.5 Å². The highest BCUT2D eigenvalue weighted by Crippen LogP contribution is 2.33. The second-order valence-electron chi connectivity index (χ2n) is 10.8. The van der Waals surface area contributed by atoms with Crippen LogP contribution in [-0.4, -0.2) is 52.4 Å². The van der Waals surface area contributed by atoms with Crippen molar-refractivity contribution in [3.8, 4) is 17.2 Å². The summed E-state index contributed by atoms with van der Waals surface area (Å²) in [4.78, 5) is 22.1. The molecule has 5 heterocycles. The number of pyridine rings is 2. The minimum Gasteiger partial charge on any atom is -0.370 e. The van der Waals surface area contributed by atoms with E-state index < -0.39 is 0 Å². The van der Waals surface area contributed by atoms with E-state index in [0.717, 1.165) is 80.1 Å². The Balaban J connectivity index is 1.24. The standard InChI is InChI=1S/C29H37N7OS/c1-21(2)6-5-11-33-38-29(37)22-9-14-35(15-10-22)27-8-7-23(18-31-27)26-16-25(34-12-3-4-13-34)20-36-28(26)24(17-30)19-32-36/h7-8,16,18-22,33H,3-6,9-15H2,1-2H3. The van der Waals surface area contributed by atoms with E-state index in [9.17, 15) is 10.1 Å². The number of hydrogen-bond acceptors (Lipinski definition) is 8. The maximum atomic E-state index is 12.6. The van der Waals surface area contributed by atoms with Crippen LogP contribution in [0.2, 0.25) is 0 Å². The van der Waals surface area contributed by atoms with Crippen LogP contribution in [0.15, 0.2) is 36.8 Å². The Morgan fingerprint density at radius 3 is 2.63 bits per heavy atom. The number of nitrogens with zero attached hydrogens (tertiary/aromatic N) is 6. The van der Waals surface area contributed by atoms with Gasteiger partial charge in [-0.05, 0) is 74.6 Å². The first-order valence-electron chi connectivity index (χ1n) is 13.8. The van der Waals surface area contributed by atoms with Crippen LogP contribution >= 0.6 is 11.9 Å². The average Bonchev–Trinajstić information content (AvgIpc) is 3.63. The van der Waals surface area contributed by atoms with E-state index in [-0.39, 0.29) is 11.0 Å². The van der Waals surface area contributed by atoms with Gasteiger partial charge in [0.05, 0.1) is 29.2 Å². The molecule has 2 fully saturated rings. The van der Waals surface area contributed by atoms with Crippen molar-refractivity contribution < 1.29 is 4.79 Å². The summed E-state index contributed by atoms with van der Waals surface area (Å²) in [6.45, 7) is 9.07. The van der Waals surface area contributed by atoms with Crippen LogP contribution in [0.5, 0.6) is 0 Å². The smallest absolute Gasteiger partial charge is 0.206 e. The number of fused-ring (bicyclic) bond motifs is 1. The molecule has 3 aromatic rings. The average molecular weight is 532 g/mol. The van der Waals surface area contributed by atoms with Gasteiger partial charge in [0.2, 0.25) is 5.12 Å². The van der Waals surface area contributed by atoms with Crippen molar-refractivity contribution in [2.24, 2.45) is 11.8 Å². The molecule has 0 amide bonds. The molecule has 9 heteroatoms. The zero-order valence-corrected chi connectivity index (χ0v) is 23.2. The fourth-order valence-electron chi connectivity index (χ4n) is 5.42. The molecule has 3 aromatic heterocycles. The first-order valence-corrected chi connectivity index (χ1v) is 14.7. The lowest BCUT2D eigenvalue weighted by molar-refractivity contribution is -0.114. The van der Waals surface area contributed by atoms with Crippen molar-refractivity contribution in [3.63, 3.8) is 0 Å². The number of carbonyl (C=O) groups is 1. The van der Waals surface area contributed by atoms with Crippen molar-refractivity contribution in [1.82, 2.24) is 19.3 Å². The Hall–Kier alpha value is -3.09. The van der Waals surface area contributed by atoms with Crippen LogP contribution < -0.4 is 14.5 Å². The van der Waals surface area contributed by atoms with Gasteiger partial charge in [0.1, 0.15) is 11.9 Å². The van der Waals surface area contributed by atoms with Gasteiger partial charge < -0.3 is 9.80 Å². The Bertz CT molecular complexity index is 1280. The molecule has 8 nitrogen and oxygen atoms in total. The lowest BCUT2D eigenvalue weighted by Crippen LogP contribution is -2.36. The molecule has 0 atom stereocenters. The van der Waals surface area contributed by atoms with E-state index in [2.05, 4.69) is 57.7 Å². The van der Waals surface area contributed by atoms with E-state index in [1.54, 1.807) is 6.20 Å². The minimum atomic E-state index is 0.0981. The van der Waals surface area contributed by atoms with Crippen LogP contribution in [0.1, 0.15) is 57.9 Å². The highest BCUT2D eigenvalue weighted by Gasteiger charge is 2.26. The van der Waals surface area contributed by atoms with E-state index in [1.807, 2.05) is 16.9 Å². The van der Waals surface area contributed by atoms with E-state index in [4.69, 9.17) is 4.98 Å². The van der Waals surface area contributed by atoms with Gasteiger partial charge in [0.25, 0.3) is 0 Å². The van der Waals surface area contributed by atoms with Gasteiger partial charge in [-0.25, -0.2) is 9.50 Å². The molecule has 5 rings (SSSR count). The third-order valence-electron chi connectivity index (χ3n) is 7.63. The number of piperidine rings is 1. The first kappa shape index (κ1) is 26.5. The minimum absolute atomic E-state index is 0.0981. The normalized spacial score (nSPS) is 16.5. The first-order chi connectivity index (χ1) is 18.5. The van der Waals surface area contributed by atoms with Gasteiger partial charge in [-0.1, -0.05) is 13.8 Å². The van der Waals surface area contributed by atoms with Crippen LogP contribution in [0, 0.1) is 23.2 Å². The van der Waals surface area contributed by atoms with Gasteiger partial charge in [-0.3, -0.25) is 9.52 Å². The molecular formula is C29H37N7OS. The van der Waals surface area contributed by atoms with Crippen LogP contribution in [0.4, 0.5) is 11.5 Å². The highest BCUT2D eigenvalue weighted by atomic mass is 32.2. The summed E-state index contributed by atoms with van der Waals surface area (Å²) in [7, 11) is 0. The molecule has 0 unspecified atom stereocenters. The van der Waals surface area contributed by atoms with Crippen molar-refractivity contribution in [3.05, 3.63) is 42.4 Å². The molecule has 0 saturated carbocycles. The molecule has 0 spiro atoms. The van der Waals surface area contributed by atoms with E-state index >= 15 is 0 Å². The quantitative estimate of drug-likeness (QED) is 0.294. The number of hydrogen-bond donors (Lipinski definition) is 1. The number of carbonyl (C=O) groups excluding carboxylic acids is 1. The van der Waals surface area contributed by atoms with Gasteiger partial charge in [0.15, 0.2) is 0 Å². The fourth-order valence-corrected chi connectivity index (χ4v) is 6.21. The SMILES string of the molecule is CC(C)CCCNSC(=O)C1CCN(c2ccc(-c3cc(N4CCCC4)cn4ncc(C#N)c34)cn2)CC1. The predicted molar refractivity (Wildman–Crippen MR) is 154 cm³/mol. The van der Waals surface area contributed by atoms with Crippen molar-refractivity contribution >= 4 is 34.1 Å². The van der Waals surface area contributed by atoms with Gasteiger partial charge >= 0.3 is 0 Å². The molecule has 2 aliphatic heterocycles. The molecule has 1 N–H and O–H groups in total. The summed E-state index contributed by atoms with van der Waals surface area (Å²) >= 11 is 1.29. The van der Waals surface area contributed by atoms with Gasteiger partial charge in [0, 0.05) is 56.0 Å². The number of anilines is 2. The predicted octanol–water partition coefficient (Wildman–Crippen LogP) is 5.29. The molecule has 0 bridgehead atoms. The molecule has 0 aliphatic carbocycles. The van der Waals surface area contributed by atoms with Crippen LogP contribution in [-0.2, 0) is 4.79 Å². The summed E-state index contributed by atoms with van der Waals surface area (Å²) in [5.41, 5.74) is 4.46. The molecular weight excluding hydrogens is 494 g/mol. The zero-order valence-electron chi connectivity index (χ0n) is 22.4. The van der Waals surface area contributed by atoms with Crippen molar-refractivity contribution in [1.29, 1.82) is 5.26 Å². The molecule has 2 aliphatic rings. The lowest BCUT2D eigenvalue weighted by Gasteiger charge is -2.32. The Morgan fingerprint density at radius 1 is 1.16 bits per heavy atom.